The molecule has 5 nitrogen and oxygen atoms in total. The molecule has 190 valence electrons. The van der Waals surface area contributed by atoms with Gasteiger partial charge in [0.1, 0.15) is 0 Å². The summed E-state index contributed by atoms with van der Waals surface area (Å²) in [5.74, 6) is 0. The number of hydrogen-bond acceptors (Lipinski definition) is 6. The molecule has 9 heteroatoms. The van der Waals surface area contributed by atoms with Crippen molar-refractivity contribution in [3.05, 3.63) is 30.3 Å². The van der Waals surface area contributed by atoms with E-state index < -0.39 is 7.32 Å². The summed E-state index contributed by atoms with van der Waals surface area (Å²) >= 11 is 3.90. The van der Waals surface area contributed by atoms with E-state index in [0.717, 1.165) is 43.4 Å². The third-order valence-corrected chi connectivity index (χ3v) is 8.06. The van der Waals surface area contributed by atoms with Gasteiger partial charge in [0.2, 0.25) is 0 Å². The minimum absolute atomic E-state index is 0.212. The Balaban J connectivity index is 2.31. The van der Waals surface area contributed by atoms with Crippen LogP contribution in [-0.2, 0) is 23.1 Å². The van der Waals surface area contributed by atoms with Gasteiger partial charge in [-0.3, -0.25) is 0 Å². The first kappa shape index (κ1) is 30.1. The molecule has 0 spiro atoms. The molecule has 1 saturated heterocycles. The van der Waals surface area contributed by atoms with Gasteiger partial charge in [-0.1, -0.05) is 0 Å². The molecule has 0 amide bonds. The van der Waals surface area contributed by atoms with Gasteiger partial charge in [-0.25, -0.2) is 0 Å². The molecule has 2 rings (SSSR count). The number of thioether (sulfide) groups is 1. The average Bonchev–Trinajstić information content (AvgIpc) is 2.81. The maximum atomic E-state index is 6.65. The molecule has 0 aromatic heterocycles. The van der Waals surface area contributed by atoms with Crippen LogP contribution in [0.4, 0.5) is 0 Å². The third-order valence-electron chi connectivity index (χ3n) is 5.36. The Bertz CT molecular complexity index is 705. The Morgan fingerprint density at radius 1 is 0.879 bits per heavy atom. The van der Waals surface area contributed by atoms with Crippen molar-refractivity contribution in [1.82, 2.24) is 0 Å². The van der Waals surface area contributed by atoms with Crippen LogP contribution >= 0.6 is 48.1 Å². The van der Waals surface area contributed by atoms with Crippen LogP contribution in [0, 0.1) is 0 Å². The Morgan fingerprint density at radius 3 is 1.97 bits per heavy atom. The zero-order valence-electron chi connectivity index (χ0n) is 20.1. The third kappa shape index (κ3) is 11.2. The Kier molecular flexibility index (Phi) is 16.6. The van der Waals surface area contributed by atoms with Gasteiger partial charge in [0.25, 0.3) is 0 Å². The molecule has 0 saturated carbocycles. The molecule has 1 heterocycles. The van der Waals surface area contributed by atoms with E-state index in [-0.39, 0.29) is 29.9 Å². The Morgan fingerprint density at radius 2 is 1.42 bits per heavy atom. The van der Waals surface area contributed by atoms with Gasteiger partial charge in [-0.15, -0.1) is 0 Å². The van der Waals surface area contributed by atoms with Crippen molar-refractivity contribution in [3.63, 3.8) is 0 Å². The van der Waals surface area contributed by atoms with E-state index in [2.05, 4.69) is 74.1 Å². The van der Waals surface area contributed by atoms with Crippen LogP contribution in [-0.4, -0.2) is 56.3 Å². The summed E-state index contributed by atoms with van der Waals surface area (Å²) in [6.07, 6.45) is 5.34. The van der Waals surface area contributed by atoms with Crippen LogP contribution < -0.4 is 0 Å². The monoisotopic (exact) mass is 630 g/mol. The number of hydrogen-bond donors (Lipinski definition) is 1. The minimum atomic E-state index is -0.823. The van der Waals surface area contributed by atoms with E-state index in [1.807, 2.05) is 6.07 Å². The van der Waals surface area contributed by atoms with Crippen molar-refractivity contribution in [2.75, 3.05) is 26.4 Å². The first-order chi connectivity index (χ1) is 16.1. The second-order valence-electron chi connectivity index (χ2n) is 8.06. The van der Waals surface area contributed by atoms with E-state index in [9.17, 15) is 0 Å². The molecule has 1 aliphatic heterocycles. The van der Waals surface area contributed by atoms with Crippen molar-refractivity contribution in [2.45, 2.75) is 94.0 Å². The first-order valence-corrected chi connectivity index (χ1v) is 18.2. The second kappa shape index (κ2) is 18.2. The molecule has 1 aromatic carbocycles. The van der Waals surface area contributed by atoms with Crippen LogP contribution in [0.25, 0.3) is 0 Å². The zero-order valence-corrected chi connectivity index (χ0v) is 24.8. The van der Waals surface area contributed by atoms with Gasteiger partial charge in [0.15, 0.2) is 0 Å². The van der Waals surface area contributed by atoms with E-state index in [1.54, 1.807) is 11.8 Å². The molecule has 0 aliphatic carbocycles. The van der Waals surface area contributed by atoms with Crippen LogP contribution in [0.2, 0.25) is 0 Å². The molecule has 0 radical (unpaired) electrons. The van der Waals surface area contributed by atoms with Crippen LogP contribution in [0.15, 0.2) is 35.2 Å². The van der Waals surface area contributed by atoms with Crippen molar-refractivity contribution < 1.29 is 23.1 Å². The molecule has 33 heavy (non-hydrogen) atoms. The quantitative estimate of drug-likeness (QED) is 0.0876. The Labute approximate surface area is 221 Å². The van der Waals surface area contributed by atoms with Gasteiger partial charge in [-0.05, 0) is 0 Å². The fourth-order valence-corrected chi connectivity index (χ4v) is 5.63. The van der Waals surface area contributed by atoms with Crippen LogP contribution in [0.3, 0.4) is 0 Å². The molecule has 1 aliphatic rings. The molecule has 6 atom stereocenters. The number of benzene rings is 1. The molecule has 1 aromatic rings. The molecular formula is C24H40IO5PS2. The fraction of sp³-hybridized carbons (Fsp3) is 0.750. The summed E-state index contributed by atoms with van der Waals surface area (Å²) in [7, 11) is 3.63. The molecule has 1 fully saturated rings. The van der Waals surface area contributed by atoms with Crippen molar-refractivity contribution in [2.24, 2.45) is 0 Å². The van der Waals surface area contributed by atoms with Crippen LogP contribution in [0.1, 0.15) is 59.3 Å². The van der Waals surface area contributed by atoms with Gasteiger partial charge < -0.3 is 0 Å². The standard InChI is InChI=1S/C24H40IO5PS2/c1-4-7-15-26-21-20(18-29-33(25)31)30-24(32-19-13-11-10-12-14-19)23(28-17-9-6-3)22(21)27-16-8-5-2/h10-14,20-24,33H,4-9,15-18H2,1-3H3/t20?,21-,22?,23-,24-/m1/s1. The summed E-state index contributed by atoms with van der Waals surface area (Å²) in [5, 5.41) is 0. The molecular weight excluding hydrogens is 590 g/mol. The number of halogens is 1. The van der Waals surface area contributed by atoms with Gasteiger partial charge in [0, 0.05) is 0 Å². The van der Waals surface area contributed by atoms with E-state index >= 15 is 0 Å². The fourth-order valence-electron chi connectivity index (χ4n) is 3.53. The van der Waals surface area contributed by atoms with Gasteiger partial charge >= 0.3 is 222 Å². The predicted molar refractivity (Wildman–Crippen MR) is 151 cm³/mol. The van der Waals surface area contributed by atoms with E-state index in [1.165, 1.54) is 0 Å². The molecule has 0 bridgehead atoms. The topological polar surface area (TPSA) is 46.2 Å². The molecule has 3 unspecified atom stereocenters. The first-order valence-electron chi connectivity index (χ1n) is 12.1. The normalized spacial score (nSPS) is 26.3. The van der Waals surface area contributed by atoms with Crippen molar-refractivity contribution >= 4 is 48.1 Å². The van der Waals surface area contributed by atoms with Gasteiger partial charge in [0.05, 0.1) is 0 Å². The number of ether oxygens (including phenoxy) is 4. The van der Waals surface area contributed by atoms with E-state index in [0.29, 0.717) is 26.4 Å². The maximum absolute atomic E-state index is 6.65. The predicted octanol–water partition coefficient (Wildman–Crippen LogP) is 7.67. The second-order valence-corrected chi connectivity index (χ2v) is 16.0. The van der Waals surface area contributed by atoms with Crippen molar-refractivity contribution in [1.29, 1.82) is 0 Å². The van der Waals surface area contributed by atoms with Crippen molar-refractivity contribution in [3.8, 4) is 0 Å². The summed E-state index contributed by atoms with van der Waals surface area (Å²) in [4.78, 5) is 1.15. The Hall–Kier alpha value is 0.880. The number of unbranched alkanes of at least 4 members (excludes halogenated alkanes) is 3. The van der Waals surface area contributed by atoms with Gasteiger partial charge in [-0.2, -0.15) is 0 Å². The summed E-state index contributed by atoms with van der Waals surface area (Å²) in [5.41, 5.74) is -0.212. The van der Waals surface area contributed by atoms with E-state index in [4.69, 9.17) is 23.1 Å². The number of rotatable bonds is 16. The average molecular weight is 631 g/mol. The summed E-state index contributed by atoms with van der Waals surface area (Å²) in [6.45, 7) is 8.99. The zero-order chi connectivity index (χ0) is 23.9. The SMILES string of the molecule is CCCCOC1[C@H](OCCCC)C(CO[SH](#P)I)O[C@H](Sc2ccccc2)[C@@H]1OCCCC. The number of thiol groups is 1. The molecule has 0 N–H and O–H groups in total. The summed E-state index contributed by atoms with van der Waals surface area (Å²) < 4.78 is 31.9. The van der Waals surface area contributed by atoms with Crippen LogP contribution in [0.5, 0.6) is 0 Å². The summed E-state index contributed by atoms with van der Waals surface area (Å²) in [6, 6.07) is 10.3.